The Kier molecular flexibility index (Phi) is 4.62. The number of anilines is 3. The Bertz CT molecular complexity index is 611. The van der Waals surface area contributed by atoms with Crippen LogP contribution in [0.25, 0.3) is 0 Å². The quantitative estimate of drug-likeness (QED) is 0.821. The fraction of sp³-hybridized carbons (Fsp3) is 0.231. The monoisotopic (exact) mass is 314 g/mol. The first-order valence-corrected chi connectivity index (χ1v) is 6.75. The number of halogens is 3. The van der Waals surface area contributed by atoms with E-state index in [4.69, 9.17) is 23.2 Å². The maximum atomic E-state index is 13.4. The molecule has 0 atom stereocenters. The van der Waals surface area contributed by atoms with Crippen LogP contribution in [0.5, 0.6) is 0 Å². The zero-order valence-electron chi connectivity index (χ0n) is 11.0. The van der Waals surface area contributed by atoms with E-state index in [1.807, 2.05) is 13.8 Å². The van der Waals surface area contributed by atoms with Gasteiger partial charge in [-0.15, -0.1) is 0 Å². The van der Waals surface area contributed by atoms with E-state index in [0.29, 0.717) is 11.5 Å². The zero-order chi connectivity index (χ0) is 14.7. The first kappa shape index (κ1) is 14.8. The molecule has 0 spiro atoms. The summed E-state index contributed by atoms with van der Waals surface area (Å²) in [6, 6.07) is 2.91. The first-order valence-electron chi connectivity index (χ1n) is 6.00. The molecule has 0 amide bonds. The number of benzene rings is 1. The minimum atomic E-state index is -0.633. The Morgan fingerprint density at radius 1 is 1.15 bits per heavy atom. The second-order valence-electron chi connectivity index (χ2n) is 4.11. The second-order valence-corrected chi connectivity index (χ2v) is 4.92. The van der Waals surface area contributed by atoms with Crippen LogP contribution >= 0.6 is 23.2 Å². The van der Waals surface area contributed by atoms with Crippen LogP contribution in [0.2, 0.25) is 10.0 Å². The third-order valence-corrected chi connectivity index (χ3v) is 3.22. The van der Waals surface area contributed by atoms with Crippen LogP contribution in [0.3, 0.4) is 0 Å². The number of aromatic nitrogens is 2. The molecule has 0 bridgehead atoms. The van der Waals surface area contributed by atoms with Crippen molar-refractivity contribution in [2.45, 2.75) is 13.8 Å². The van der Waals surface area contributed by atoms with Gasteiger partial charge in [0.1, 0.15) is 18.0 Å². The Morgan fingerprint density at radius 3 is 2.35 bits per heavy atom. The molecule has 0 aliphatic heterocycles. The maximum Gasteiger partial charge on any atom is 0.160 e. The van der Waals surface area contributed by atoms with Gasteiger partial charge in [-0.1, -0.05) is 23.2 Å². The van der Waals surface area contributed by atoms with Crippen molar-refractivity contribution in [3.63, 3.8) is 0 Å². The highest BCUT2D eigenvalue weighted by Gasteiger charge is 2.10. The molecule has 1 heterocycles. The van der Waals surface area contributed by atoms with Gasteiger partial charge in [-0.05, 0) is 26.0 Å². The molecule has 4 nitrogen and oxygen atoms in total. The van der Waals surface area contributed by atoms with E-state index in [2.05, 4.69) is 20.6 Å². The van der Waals surface area contributed by atoms with Gasteiger partial charge in [0.2, 0.25) is 0 Å². The highest BCUT2D eigenvalue weighted by atomic mass is 35.5. The Balaban J connectivity index is 2.33. The molecule has 0 saturated heterocycles. The lowest BCUT2D eigenvalue weighted by Gasteiger charge is -2.12. The van der Waals surface area contributed by atoms with Gasteiger partial charge in [-0.25, -0.2) is 14.4 Å². The summed E-state index contributed by atoms with van der Waals surface area (Å²) >= 11 is 11.5. The molecular formula is C13H13Cl2FN4. The van der Waals surface area contributed by atoms with Crippen molar-refractivity contribution in [2.24, 2.45) is 0 Å². The van der Waals surface area contributed by atoms with Gasteiger partial charge >= 0.3 is 0 Å². The lowest BCUT2D eigenvalue weighted by molar-refractivity contribution is 0.629. The third-order valence-electron chi connectivity index (χ3n) is 2.67. The van der Waals surface area contributed by atoms with Crippen LogP contribution in [0.4, 0.5) is 21.7 Å². The number of nitrogens with one attached hydrogen (secondary N) is 2. The van der Waals surface area contributed by atoms with Crippen molar-refractivity contribution < 1.29 is 4.39 Å². The van der Waals surface area contributed by atoms with Crippen molar-refractivity contribution >= 4 is 40.5 Å². The normalized spacial score (nSPS) is 10.4. The summed E-state index contributed by atoms with van der Waals surface area (Å²) in [4.78, 5) is 8.30. The lowest BCUT2D eigenvalue weighted by atomic mass is 10.2. The SMILES string of the molecule is CCNc1ncnc(Nc2cc(Cl)c(F)c(Cl)c2)c1C. The minimum absolute atomic E-state index is 0.0429. The second kappa shape index (κ2) is 6.24. The van der Waals surface area contributed by atoms with Crippen LogP contribution < -0.4 is 10.6 Å². The smallest absolute Gasteiger partial charge is 0.160 e. The van der Waals surface area contributed by atoms with Crippen LogP contribution in [-0.4, -0.2) is 16.5 Å². The molecule has 0 aliphatic rings. The molecule has 2 aromatic rings. The highest BCUT2D eigenvalue weighted by molar-refractivity contribution is 6.35. The van der Waals surface area contributed by atoms with E-state index in [1.165, 1.54) is 18.5 Å². The number of hydrogen-bond donors (Lipinski definition) is 2. The molecule has 0 aliphatic carbocycles. The van der Waals surface area contributed by atoms with Crippen LogP contribution in [0.15, 0.2) is 18.5 Å². The van der Waals surface area contributed by atoms with Crippen LogP contribution in [-0.2, 0) is 0 Å². The molecule has 1 aromatic carbocycles. The maximum absolute atomic E-state index is 13.4. The van der Waals surface area contributed by atoms with Gasteiger partial charge in [0.05, 0.1) is 10.0 Å². The zero-order valence-corrected chi connectivity index (χ0v) is 12.5. The molecule has 2 rings (SSSR count). The van der Waals surface area contributed by atoms with Gasteiger partial charge in [0.15, 0.2) is 5.82 Å². The topological polar surface area (TPSA) is 49.8 Å². The standard InChI is InChI=1S/C13H13Cl2FN4/c1-3-17-12-7(2)13(19-6-18-12)20-8-4-9(14)11(16)10(15)5-8/h4-6H,3H2,1-2H3,(H2,17,18,19,20). The summed E-state index contributed by atoms with van der Waals surface area (Å²) < 4.78 is 13.4. The molecular weight excluding hydrogens is 302 g/mol. The molecule has 2 N–H and O–H groups in total. The van der Waals surface area contributed by atoms with Crippen molar-refractivity contribution in [1.82, 2.24) is 9.97 Å². The predicted octanol–water partition coefficient (Wildman–Crippen LogP) is 4.41. The summed E-state index contributed by atoms with van der Waals surface area (Å²) in [6.07, 6.45) is 1.44. The number of nitrogens with zero attached hydrogens (tertiary/aromatic N) is 2. The summed E-state index contributed by atoms with van der Waals surface area (Å²) in [5.74, 6) is 0.714. The Labute approximate surface area is 126 Å². The van der Waals surface area contributed by atoms with E-state index >= 15 is 0 Å². The average Bonchev–Trinajstić information content (AvgIpc) is 2.41. The molecule has 106 valence electrons. The van der Waals surface area contributed by atoms with Crippen LogP contribution in [0, 0.1) is 12.7 Å². The van der Waals surface area contributed by atoms with Gasteiger partial charge in [0.25, 0.3) is 0 Å². The molecule has 0 radical (unpaired) electrons. The summed E-state index contributed by atoms with van der Waals surface area (Å²) in [5, 5.41) is 6.10. The summed E-state index contributed by atoms with van der Waals surface area (Å²) in [5.41, 5.74) is 1.41. The van der Waals surface area contributed by atoms with Crippen molar-refractivity contribution in [3.8, 4) is 0 Å². The van der Waals surface area contributed by atoms with Crippen molar-refractivity contribution in [1.29, 1.82) is 0 Å². The Morgan fingerprint density at radius 2 is 1.75 bits per heavy atom. The first-order chi connectivity index (χ1) is 9.52. The highest BCUT2D eigenvalue weighted by Crippen LogP contribution is 2.30. The van der Waals surface area contributed by atoms with E-state index in [-0.39, 0.29) is 10.0 Å². The lowest BCUT2D eigenvalue weighted by Crippen LogP contribution is -2.05. The van der Waals surface area contributed by atoms with Crippen molar-refractivity contribution in [3.05, 3.63) is 39.9 Å². The molecule has 0 fully saturated rings. The fourth-order valence-electron chi connectivity index (χ4n) is 1.69. The predicted molar refractivity (Wildman–Crippen MR) is 80.6 cm³/mol. The van der Waals surface area contributed by atoms with E-state index in [0.717, 1.165) is 17.9 Å². The van der Waals surface area contributed by atoms with Gasteiger partial charge in [-0.2, -0.15) is 0 Å². The van der Waals surface area contributed by atoms with E-state index in [1.54, 1.807) is 0 Å². The van der Waals surface area contributed by atoms with Crippen LogP contribution in [0.1, 0.15) is 12.5 Å². The van der Waals surface area contributed by atoms with Crippen molar-refractivity contribution in [2.75, 3.05) is 17.2 Å². The minimum Gasteiger partial charge on any atom is -0.370 e. The third kappa shape index (κ3) is 3.11. The molecule has 20 heavy (non-hydrogen) atoms. The molecule has 7 heteroatoms. The molecule has 0 unspecified atom stereocenters. The molecule has 1 aromatic heterocycles. The van der Waals surface area contributed by atoms with Gasteiger partial charge in [-0.3, -0.25) is 0 Å². The largest absolute Gasteiger partial charge is 0.370 e. The van der Waals surface area contributed by atoms with E-state index in [9.17, 15) is 4.39 Å². The summed E-state index contributed by atoms with van der Waals surface area (Å²) in [7, 11) is 0. The average molecular weight is 315 g/mol. The Hall–Kier alpha value is -1.59. The van der Waals surface area contributed by atoms with Gasteiger partial charge in [0, 0.05) is 17.8 Å². The number of hydrogen-bond acceptors (Lipinski definition) is 4. The van der Waals surface area contributed by atoms with E-state index < -0.39 is 5.82 Å². The summed E-state index contributed by atoms with van der Waals surface area (Å²) in [6.45, 7) is 4.62. The molecule has 0 saturated carbocycles. The van der Waals surface area contributed by atoms with Gasteiger partial charge < -0.3 is 10.6 Å². The fourth-order valence-corrected chi connectivity index (χ4v) is 2.17. The number of rotatable bonds is 4.